The number of fused-ring (bicyclic) bond motifs is 1. The smallest absolute Gasteiger partial charge is 0.0811 e. The second-order valence-corrected chi connectivity index (χ2v) is 11.4. The quantitative estimate of drug-likeness (QED) is 0.490. The Hall–Kier alpha value is -1.16. The van der Waals surface area contributed by atoms with Crippen LogP contribution in [0.1, 0.15) is 79.6 Å². The number of allylic oxidation sites excluding steroid dienone is 4. The maximum atomic E-state index is 10.3. The minimum atomic E-state index is -0.684. The van der Waals surface area contributed by atoms with E-state index in [0.29, 0.717) is 36.0 Å². The van der Waals surface area contributed by atoms with Crippen molar-refractivity contribution in [3.63, 3.8) is 0 Å². The molecule has 31 heavy (non-hydrogen) atoms. The van der Waals surface area contributed by atoms with Crippen LogP contribution in [0.25, 0.3) is 0 Å². The molecule has 3 fully saturated rings. The highest BCUT2D eigenvalue weighted by Gasteiger charge is 2.50. The third kappa shape index (κ3) is 5.26. The highest BCUT2D eigenvalue weighted by Crippen LogP contribution is 2.59. The summed E-state index contributed by atoms with van der Waals surface area (Å²) < 4.78 is 0. The minimum absolute atomic E-state index is 0.141. The van der Waals surface area contributed by atoms with Crippen LogP contribution in [0.15, 0.2) is 47.6 Å². The van der Waals surface area contributed by atoms with Crippen molar-refractivity contribution in [2.45, 2.75) is 97.4 Å². The molecule has 3 rings (SSSR count). The lowest BCUT2D eigenvalue weighted by Gasteiger charge is -2.44. The van der Waals surface area contributed by atoms with Crippen molar-refractivity contribution >= 4 is 0 Å². The Morgan fingerprint density at radius 2 is 1.84 bits per heavy atom. The van der Waals surface area contributed by atoms with Gasteiger partial charge < -0.3 is 15.3 Å². The Morgan fingerprint density at radius 3 is 2.52 bits per heavy atom. The van der Waals surface area contributed by atoms with Crippen LogP contribution < -0.4 is 0 Å². The van der Waals surface area contributed by atoms with Crippen LogP contribution in [-0.4, -0.2) is 33.1 Å². The predicted molar refractivity (Wildman–Crippen MR) is 128 cm³/mol. The summed E-state index contributed by atoms with van der Waals surface area (Å²) in [4.78, 5) is 0. The zero-order chi connectivity index (χ0) is 23.0. The van der Waals surface area contributed by atoms with E-state index in [1.54, 1.807) is 0 Å². The molecular weight excluding hydrogens is 384 g/mol. The molecule has 0 amide bonds. The van der Waals surface area contributed by atoms with Crippen molar-refractivity contribution in [3.05, 3.63) is 47.6 Å². The summed E-state index contributed by atoms with van der Waals surface area (Å²) in [6, 6.07) is 0. The van der Waals surface area contributed by atoms with E-state index >= 15 is 0 Å². The standard InChI is InChI=1S/C28H44O3/c1-18(9-10-19(2)27(4,5)31)24-13-14-25-21(8-7-15-28(24,25)6)11-12-22-16-23(29)17-26(30)20(22)3/h9-12,18-19,23-26,29-31H,3,7-8,13-17H2,1-2,4-6H3/b10-9+,21-11-,22-12-/t18-,19-,23-,24-,25-,26-,28+/m1/s1. The molecule has 3 aliphatic rings. The van der Waals surface area contributed by atoms with E-state index in [4.69, 9.17) is 0 Å². The second-order valence-electron chi connectivity index (χ2n) is 11.4. The number of hydrogen-bond donors (Lipinski definition) is 3. The largest absolute Gasteiger partial charge is 0.393 e. The Morgan fingerprint density at radius 1 is 1.13 bits per heavy atom. The van der Waals surface area contributed by atoms with Gasteiger partial charge >= 0.3 is 0 Å². The third-order valence-corrected chi connectivity index (χ3v) is 8.75. The molecule has 3 saturated carbocycles. The van der Waals surface area contributed by atoms with Crippen molar-refractivity contribution in [1.82, 2.24) is 0 Å². The molecule has 0 aromatic rings. The normalized spacial score (nSPS) is 39.3. The summed E-state index contributed by atoms with van der Waals surface area (Å²) in [6.07, 6.45) is 15.0. The van der Waals surface area contributed by atoms with Gasteiger partial charge in [0.1, 0.15) is 0 Å². The Labute approximate surface area is 189 Å². The van der Waals surface area contributed by atoms with Gasteiger partial charge in [0.15, 0.2) is 0 Å². The first-order chi connectivity index (χ1) is 14.4. The van der Waals surface area contributed by atoms with Crippen LogP contribution in [0.3, 0.4) is 0 Å². The van der Waals surface area contributed by atoms with Crippen molar-refractivity contribution in [1.29, 1.82) is 0 Å². The first-order valence-electron chi connectivity index (χ1n) is 12.3. The SMILES string of the molecule is C=C1/C(=C\C=C2\CCC[C@]3(C)[C@@H]2CC[C@@H]3[C@H](C)/C=C/[C@@H](C)C(C)(C)O)C[C@@H](O)C[C@H]1O. The molecule has 7 atom stereocenters. The summed E-state index contributed by atoms with van der Waals surface area (Å²) in [7, 11) is 0. The first kappa shape index (κ1) is 24.5. The summed E-state index contributed by atoms with van der Waals surface area (Å²) in [5.41, 5.74) is 2.93. The molecule has 0 bridgehead atoms. The zero-order valence-corrected chi connectivity index (χ0v) is 20.3. The predicted octanol–water partition coefficient (Wildman–Crippen LogP) is 5.73. The average Bonchev–Trinajstić information content (AvgIpc) is 3.04. The monoisotopic (exact) mass is 428 g/mol. The molecule has 0 heterocycles. The molecule has 174 valence electrons. The van der Waals surface area contributed by atoms with Crippen LogP contribution in [0, 0.1) is 29.1 Å². The van der Waals surface area contributed by atoms with Gasteiger partial charge in [-0.3, -0.25) is 0 Å². The maximum Gasteiger partial charge on any atom is 0.0811 e. The highest BCUT2D eigenvalue weighted by atomic mass is 16.3. The summed E-state index contributed by atoms with van der Waals surface area (Å²) in [6.45, 7) is 14.7. The molecule has 0 aromatic carbocycles. The maximum absolute atomic E-state index is 10.3. The Bertz CT molecular complexity index is 753. The van der Waals surface area contributed by atoms with Gasteiger partial charge in [-0.05, 0) is 86.7 Å². The Balaban J connectivity index is 1.76. The van der Waals surface area contributed by atoms with Crippen molar-refractivity contribution in [3.8, 4) is 0 Å². The second kappa shape index (κ2) is 9.37. The molecule has 0 unspecified atom stereocenters. The molecule has 0 spiro atoms. The molecule has 3 N–H and O–H groups in total. The van der Waals surface area contributed by atoms with Gasteiger partial charge in [-0.2, -0.15) is 0 Å². The van der Waals surface area contributed by atoms with E-state index in [1.165, 1.54) is 31.3 Å². The van der Waals surface area contributed by atoms with E-state index < -0.39 is 17.8 Å². The lowest BCUT2D eigenvalue weighted by atomic mass is 9.61. The molecule has 3 nitrogen and oxygen atoms in total. The molecule has 3 heteroatoms. The van der Waals surface area contributed by atoms with Gasteiger partial charge in [-0.25, -0.2) is 0 Å². The van der Waals surface area contributed by atoms with Crippen LogP contribution in [0.4, 0.5) is 0 Å². The van der Waals surface area contributed by atoms with Crippen LogP contribution in [0.2, 0.25) is 0 Å². The van der Waals surface area contributed by atoms with Gasteiger partial charge in [0.05, 0.1) is 17.8 Å². The number of hydrogen-bond acceptors (Lipinski definition) is 3. The lowest BCUT2D eigenvalue weighted by Crippen LogP contribution is -2.35. The van der Waals surface area contributed by atoms with Crippen molar-refractivity contribution in [2.24, 2.45) is 29.1 Å². The first-order valence-corrected chi connectivity index (χ1v) is 12.3. The van der Waals surface area contributed by atoms with Gasteiger partial charge in [0.25, 0.3) is 0 Å². The van der Waals surface area contributed by atoms with Gasteiger partial charge in [0, 0.05) is 12.3 Å². The van der Waals surface area contributed by atoms with E-state index in [2.05, 4.69) is 51.7 Å². The topological polar surface area (TPSA) is 60.7 Å². The van der Waals surface area contributed by atoms with E-state index in [1.807, 2.05) is 13.8 Å². The van der Waals surface area contributed by atoms with Gasteiger partial charge in [0.2, 0.25) is 0 Å². The van der Waals surface area contributed by atoms with Crippen LogP contribution in [-0.2, 0) is 0 Å². The summed E-state index contributed by atoms with van der Waals surface area (Å²) >= 11 is 0. The zero-order valence-electron chi connectivity index (χ0n) is 20.3. The molecular formula is C28H44O3. The highest BCUT2D eigenvalue weighted by molar-refractivity contribution is 5.38. The number of aliphatic hydroxyl groups excluding tert-OH is 2. The Kier molecular flexibility index (Phi) is 7.40. The fourth-order valence-corrected chi connectivity index (χ4v) is 6.32. The fraction of sp³-hybridized carbons (Fsp3) is 0.714. The van der Waals surface area contributed by atoms with E-state index in [0.717, 1.165) is 17.6 Å². The molecule has 0 saturated heterocycles. The van der Waals surface area contributed by atoms with Crippen molar-refractivity contribution < 1.29 is 15.3 Å². The summed E-state index contributed by atoms with van der Waals surface area (Å²) in [5, 5.41) is 30.4. The van der Waals surface area contributed by atoms with E-state index in [-0.39, 0.29) is 5.92 Å². The van der Waals surface area contributed by atoms with E-state index in [9.17, 15) is 15.3 Å². The fourth-order valence-electron chi connectivity index (χ4n) is 6.32. The molecule has 3 aliphatic carbocycles. The molecule has 0 aromatic heterocycles. The van der Waals surface area contributed by atoms with Crippen LogP contribution >= 0.6 is 0 Å². The van der Waals surface area contributed by atoms with Crippen LogP contribution in [0.5, 0.6) is 0 Å². The summed E-state index contributed by atoms with van der Waals surface area (Å²) in [5.74, 6) is 1.91. The van der Waals surface area contributed by atoms with Crippen molar-refractivity contribution in [2.75, 3.05) is 0 Å². The number of aliphatic hydroxyl groups is 3. The molecule has 0 aliphatic heterocycles. The van der Waals surface area contributed by atoms with Gasteiger partial charge in [-0.15, -0.1) is 0 Å². The third-order valence-electron chi connectivity index (χ3n) is 8.75. The minimum Gasteiger partial charge on any atom is -0.393 e. The molecule has 0 radical (unpaired) electrons. The number of rotatable bonds is 5. The van der Waals surface area contributed by atoms with Gasteiger partial charge in [-0.1, -0.05) is 57.2 Å². The average molecular weight is 429 g/mol. The lowest BCUT2D eigenvalue weighted by molar-refractivity contribution is 0.0436.